The Morgan fingerprint density at radius 3 is 2.61 bits per heavy atom. The van der Waals surface area contributed by atoms with E-state index in [1.807, 2.05) is 24.1 Å². The van der Waals surface area contributed by atoms with Crippen molar-refractivity contribution >= 4 is 53.4 Å². The molecule has 31 heavy (non-hydrogen) atoms. The fourth-order valence-electron chi connectivity index (χ4n) is 4.92. The summed E-state index contributed by atoms with van der Waals surface area (Å²) in [5.74, 6) is 2.17. The van der Waals surface area contributed by atoms with E-state index in [1.165, 1.54) is 37.9 Å². The Bertz CT molecular complexity index is 757. The molecule has 0 unspecified atom stereocenters. The Balaban J connectivity index is 0.00000272. The minimum Gasteiger partial charge on any atom is -0.352 e. The van der Waals surface area contributed by atoms with E-state index in [1.54, 1.807) is 0 Å². The molecule has 1 saturated carbocycles. The Labute approximate surface area is 208 Å². The SMILES string of the molecule is CN=C(NCc1cccc(NC(=O)N2CCCC2)c1)N1CCSC2(CCCCC2)C1.I. The number of amides is 2. The monoisotopic (exact) mass is 557 g/mol. The summed E-state index contributed by atoms with van der Waals surface area (Å²) < 4.78 is 0.424. The first-order valence-corrected chi connectivity index (χ1v) is 12.4. The van der Waals surface area contributed by atoms with Crippen molar-refractivity contribution in [3.8, 4) is 0 Å². The lowest BCUT2D eigenvalue weighted by Crippen LogP contribution is -2.53. The second-order valence-corrected chi connectivity index (χ2v) is 10.3. The fraction of sp³-hybridized carbons (Fsp3) is 0.652. The molecule has 0 atom stereocenters. The summed E-state index contributed by atoms with van der Waals surface area (Å²) in [6, 6.07) is 8.13. The maximum atomic E-state index is 12.4. The predicted molar refractivity (Wildman–Crippen MR) is 142 cm³/mol. The van der Waals surface area contributed by atoms with Crippen LogP contribution in [0.5, 0.6) is 0 Å². The first kappa shape index (κ1) is 24.5. The van der Waals surface area contributed by atoms with Gasteiger partial charge in [-0.1, -0.05) is 31.4 Å². The second kappa shape index (κ2) is 11.6. The van der Waals surface area contributed by atoms with Gasteiger partial charge < -0.3 is 20.4 Å². The number of urea groups is 1. The van der Waals surface area contributed by atoms with E-state index in [4.69, 9.17) is 0 Å². The van der Waals surface area contributed by atoms with Gasteiger partial charge in [-0.15, -0.1) is 24.0 Å². The standard InChI is InChI=1S/C23H35N5OS.HI/c1-24-21(28-14-15-30-23(18-28)10-3-2-4-11-23)25-17-19-8-7-9-20(16-19)26-22(29)27-12-5-6-13-27;/h7-9,16H,2-6,10-15,17-18H2,1H3,(H,24,25)(H,26,29);1H. The van der Waals surface area contributed by atoms with Gasteiger partial charge in [-0.3, -0.25) is 4.99 Å². The van der Waals surface area contributed by atoms with Crippen LogP contribution in [-0.4, -0.2) is 65.5 Å². The molecule has 1 spiro atoms. The van der Waals surface area contributed by atoms with Crippen LogP contribution in [0.4, 0.5) is 10.5 Å². The number of benzene rings is 1. The summed E-state index contributed by atoms with van der Waals surface area (Å²) in [5, 5.41) is 6.60. The number of carbonyl (C=O) groups is 1. The van der Waals surface area contributed by atoms with Crippen LogP contribution in [0.1, 0.15) is 50.5 Å². The summed E-state index contributed by atoms with van der Waals surface area (Å²) in [5.41, 5.74) is 2.01. The van der Waals surface area contributed by atoms with Crippen molar-refractivity contribution in [1.82, 2.24) is 15.1 Å². The van der Waals surface area contributed by atoms with Gasteiger partial charge in [-0.05, 0) is 43.4 Å². The zero-order chi connectivity index (χ0) is 20.8. The number of guanidine groups is 1. The van der Waals surface area contributed by atoms with Crippen molar-refractivity contribution in [3.05, 3.63) is 29.8 Å². The number of carbonyl (C=O) groups excluding carboxylic acids is 1. The van der Waals surface area contributed by atoms with Gasteiger partial charge in [-0.25, -0.2) is 4.79 Å². The topological polar surface area (TPSA) is 60.0 Å². The number of hydrogen-bond acceptors (Lipinski definition) is 3. The summed E-state index contributed by atoms with van der Waals surface area (Å²) in [6.45, 7) is 4.58. The third-order valence-electron chi connectivity index (χ3n) is 6.55. The van der Waals surface area contributed by atoms with E-state index in [9.17, 15) is 4.79 Å². The van der Waals surface area contributed by atoms with Gasteiger partial charge in [0, 0.05) is 56.0 Å². The van der Waals surface area contributed by atoms with Crippen molar-refractivity contribution < 1.29 is 4.79 Å². The van der Waals surface area contributed by atoms with Crippen LogP contribution < -0.4 is 10.6 Å². The maximum Gasteiger partial charge on any atom is 0.321 e. The van der Waals surface area contributed by atoms with E-state index in [-0.39, 0.29) is 30.0 Å². The number of hydrogen-bond donors (Lipinski definition) is 2. The van der Waals surface area contributed by atoms with Crippen LogP contribution in [0.25, 0.3) is 0 Å². The van der Waals surface area contributed by atoms with Gasteiger partial charge in [0.2, 0.25) is 0 Å². The molecule has 4 rings (SSSR count). The van der Waals surface area contributed by atoms with Crippen LogP contribution >= 0.6 is 35.7 Å². The van der Waals surface area contributed by atoms with E-state index < -0.39 is 0 Å². The number of nitrogens with zero attached hydrogens (tertiary/aromatic N) is 3. The van der Waals surface area contributed by atoms with Crippen LogP contribution in [0.15, 0.2) is 29.3 Å². The molecular formula is C23H36IN5OS. The number of halogens is 1. The van der Waals surface area contributed by atoms with Crippen LogP contribution in [0, 0.1) is 0 Å². The Kier molecular flexibility index (Phi) is 9.18. The Morgan fingerprint density at radius 1 is 1.10 bits per heavy atom. The highest BCUT2D eigenvalue weighted by molar-refractivity contribution is 14.0. The molecule has 0 aromatic heterocycles. The number of anilines is 1. The molecule has 2 aliphatic heterocycles. The third-order valence-corrected chi connectivity index (χ3v) is 8.08. The van der Waals surface area contributed by atoms with Crippen molar-refractivity contribution in [2.45, 2.75) is 56.2 Å². The Morgan fingerprint density at radius 2 is 1.87 bits per heavy atom. The quantitative estimate of drug-likeness (QED) is 0.320. The molecule has 2 saturated heterocycles. The van der Waals surface area contributed by atoms with Gasteiger partial charge >= 0.3 is 6.03 Å². The molecule has 2 amide bonds. The van der Waals surface area contributed by atoms with Crippen molar-refractivity contribution in [1.29, 1.82) is 0 Å². The summed E-state index contributed by atoms with van der Waals surface area (Å²) >= 11 is 2.18. The number of thioether (sulfide) groups is 1. The largest absolute Gasteiger partial charge is 0.352 e. The smallest absolute Gasteiger partial charge is 0.321 e. The third kappa shape index (κ3) is 6.43. The van der Waals surface area contributed by atoms with E-state index in [0.717, 1.165) is 56.2 Å². The molecule has 0 radical (unpaired) electrons. The molecule has 2 N–H and O–H groups in total. The minimum absolute atomic E-state index is 0. The lowest BCUT2D eigenvalue weighted by atomic mass is 9.87. The molecule has 8 heteroatoms. The van der Waals surface area contributed by atoms with Gasteiger partial charge in [0.05, 0.1) is 0 Å². The molecule has 6 nitrogen and oxygen atoms in total. The van der Waals surface area contributed by atoms with E-state index >= 15 is 0 Å². The number of rotatable bonds is 3. The van der Waals surface area contributed by atoms with Crippen LogP contribution in [0.2, 0.25) is 0 Å². The van der Waals surface area contributed by atoms with Crippen LogP contribution in [-0.2, 0) is 6.54 Å². The summed E-state index contributed by atoms with van der Waals surface area (Å²) in [4.78, 5) is 21.3. The van der Waals surface area contributed by atoms with E-state index in [2.05, 4.69) is 44.4 Å². The molecule has 1 aromatic carbocycles. The molecule has 0 bridgehead atoms. The minimum atomic E-state index is 0. The molecule has 3 aliphatic rings. The summed E-state index contributed by atoms with van der Waals surface area (Å²) in [7, 11) is 1.88. The normalized spacial score (nSPS) is 21.0. The highest BCUT2D eigenvalue weighted by Crippen LogP contribution is 2.42. The lowest BCUT2D eigenvalue weighted by molar-refractivity contribution is 0.222. The average molecular weight is 558 g/mol. The van der Waals surface area contributed by atoms with Crippen molar-refractivity contribution in [2.75, 3.05) is 44.3 Å². The average Bonchev–Trinajstić information content (AvgIpc) is 3.30. The first-order chi connectivity index (χ1) is 14.7. The summed E-state index contributed by atoms with van der Waals surface area (Å²) in [6.07, 6.45) is 9.00. The zero-order valence-corrected chi connectivity index (χ0v) is 21.7. The number of nitrogens with one attached hydrogen (secondary N) is 2. The van der Waals surface area contributed by atoms with Gasteiger partial charge in [0.1, 0.15) is 0 Å². The highest BCUT2D eigenvalue weighted by Gasteiger charge is 2.38. The predicted octanol–water partition coefficient (Wildman–Crippen LogP) is 4.76. The number of aliphatic imine (C=N–C) groups is 1. The van der Waals surface area contributed by atoms with Crippen molar-refractivity contribution in [2.24, 2.45) is 4.99 Å². The highest BCUT2D eigenvalue weighted by atomic mass is 127. The molecule has 1 aromatic rings. The second-order valence-electron chi connectivity index (χ2n) is 8.74. The van der Waals surface area contributed by atoms with Crippen LogP contribution in [0.3, 0.4) is 0 Å². The van der Waals surface area contributed by atoms with Gasteiger partial charge in [-0.2, -0.15) is 11.8 Å². The fourth-order valence-corrected chi connectivity index (χ4v) is 6.49. The molecule has 1 aliphatic carbocycles. The van der Waals surface area contributed by atoms with E-state index in [0.29, 0.717) is 11.3 Å². The maximum absolute atomic E-state index is 12.4. The molecule has 2 heterocycles. The Hall–Kier alpha value is -1.16. The first-order valence-electron chi connectivity index (χ1n) is 11.4. The molecular weight excluding hydrogens is 521 g/mol. The number of likely N-dealkylation sites (tertiary alicyclic amines) is 1. The van der Waals surface area contributed by atoms with Gasteiger partial charge in [0.15, 0.2) is 5.96 Å². The lowest BCUT2D eigenvalue weighted by Gasteiger charge is -2.45. The molecule has 172 valence electrons. The zero-order valence-electron chi connectivity index (χ0n) is 18.6. The van der Waals surface area contributed by atoms with Crippen molar-refractivity contribution in [3.63, 3.8) is 0 Å². The van der Waals surface area contributed by atoms with Gasteiger partial charge in [0.25, 0.3) is 0 Å². The molecule has 3 fully saturated rings.